The number of fused-ring (bicyclic) bond motifs is 1. The van der Waals surface area contributed by atoms with Crippen molar-refractivity contribution in [2.75, 3.05) is 12.4 Å². The molecule has 0 spiro atoms. The largest absolute Gasteiger partial charge is 0.354 e. The summed E-state index contributed by atoms with van der Waals surface area (Å²) >= 11 is 9.07. The maximum atomic E-state index is 13.7. The molecule has 2 aromatic rings. The second kappa shape index (κ2) is 5.93. The Kier molecular flexibility index (Phi) is 4.17. The smallest absolute Gasteiger partial charge is 0.220 e. The Hall–Kier alpha value is -1.14. The number of aromatic nitrogens is 2. The molecule has 1 N–H and O–H groups in total. The van der Waals surface area contributed by atoms with Crippen LogP contribution in [-0.2, 0) is 11.2 Å². The van der Waals surface area contributed by atoms with Crippen LogP contribution in [0.4, 0.5) is 4.39 Å². The van der Waals surface area contributed by atoms with Crippen molar-refractivity contribution in [1.29, 1.82) is 0 Å². The van der Waals surface area contributed by atoms with Crippen molar-refractivity contribution >= 4 is 44.5 Å². The summed E-state index contributed by atoms with van der Waals surface area (Å²) in [6.07, 6.45) is 1.86. The number of amides is 1. The Labute approximate surface area is 134 Å². The van der Waals surface area contributed by atoms with Crippen LogP contribution in [0.25, 0.3) is 11.0 Å². The van der Waals surface area contributed by atoms with Gasteiger partial charge in [0.15, 0.2) is 0 Å². The molecular formula is C14H14BrClFN3O. The zero-order valence-corrected chi connectivity index (χ0v) is 13.5. The summed E-state index contributed by atoms with van der Waals surface area (Å²) in [6.45, 7) is 0.564. The van der Waals surface area contributed by atoms with Crippen molar-refractivity contribution in [2.45, 2.75) is 25.3 Å². The summed E-state index contributed by atoms with van der Waals surface area (Å²) in [7, 11) is 0. The van der Waals surface area contributed by atoms with Gasteiger partial charge in [0.2, 0.25) is 5.91 Å². The minimum Gasteiger partial charge on any atom is -0.354 e. The van der Waals surface area contributed by atoms with E-state index in [1.807, 2.05) is 0 Å². The fourth-order valence-corrected chi connectivity index (χ4v) is 3.25. The lowest BCUT2D eigenvalue weighted by atomic mass is 10.1. The summed E-state index contributed by atoms with van der Waals surface area (Å²) in [5.74, 6) is 1.02. The third-order valence-electron chi connectivity index (χ3n) is 3.73. The monoisotopic (exact) mass is 373 g/mol. The van der Waals surface area contributed by atoms with Gasteiger partial charge in [-0.15, -0.1) is 11.6 Å². The van der Waals surface area contributed by atoms with Crippen LogP contribution < -0.4 is 5.32 Å². The number of carbonyl (C=O) groups is 1. The first kappa shape index (κ1) is 14.8. The maximum Gasteiger partial charge on any atom is 0.220 e. The Morgan fingerprint density at radius 3 is 3.00 bits per heavy atom. The first-order chi connectivity index (χ1) is 10.1. The van der Waals surface area contributed by atoms with E-state index in [1.165, 1.54) is 6.07 Å². The van der Waals surface area contributed by atoms with Crippen LogP contribution in [0.1, 0.15) is 24.7 Å². The van der Waals surface area contributed by atoms with E-state index in [2.05, 4.69) is 30.8 Å². The van der Waals surface area contributed by atoms with E-state index in [9.17, 15) is 9.18 Å². The first-order valence-electron chi connectivity index (χ1n) is 6.78. The van der Waals surface area contributed by atoms with Gasteiger partial charge in [-0.05, 0) is 28.4 Å². The van der Waals surface area contributed by atoms with Crippen LogP contribution >= 0.6 is 27.5 Å². The fourth-order valence-electron chi connectivity index (χ4n) is 2.75. The lowest BCUT2D eigenvalue weighted by Crippen LogP contribution is -2.36. The molecule has 0 radical (unpaired) electrons. The highest BCUT2D eigenvalue weighted by atomic mass is 79.9. The number of piperidine rings is 1. The molecule has 1 saturated heterocycles. The lowest BCUT2D eigenvalue weighted by molar-refractivity contribution is -0.122. The van der Waals surface area contributed by atoms with Gasteiger partial charge < -0.3 is 9.88 Å². The number of rotatable bonds is 3. The van der Waals surface area contributed by atoms with Crippen LogP contribution in [0.5, 0.6) is 0 Å². The number of imidazole rings is 1. The number of carbonyl (C=O) groups excluding carboxylic acids is 1. The Morgan fingerprint density at radius 1 is 1.52 bits per heavy atom. The molecule has 0 bridgehead atoms. The van der Waals surface area contributed by atoms with Crippen molar-refractivity contribution in [3.8, 4) is 0 Å². The number of hydrogen-bond acceptors (Lipinski definition) is 2. The first-order valence-corrected chi connectivity index (χ1v) is 8.11. The summed E-state index contributed by atoms with van der Waals surface area (Å²) in [6, 6.07) is 3.30. The van der Waals surface area contributed by atoms with Crippen molar-refractivity contribution < 1.29 is 9.18 Å². The predicted molar refractivity (Wildman–Crippen MR) is 83.1 cm³/mol. The third kappa shape index (κ3) is 2.79. The minimum absolute atomic E-state index is 0.0711. The molecular weight excluding hydrogens is 361 g/mol. The highest BCUT2D eigenvalue weighted by Gasteiger charge is 2.24. The summed E-state index contributed by atoms with van der Waals surface area (Å²) in [5, 5.41) is 2.87. The van der Waals surface area contributed by atoms with Crippen molar-refractivity contribution in [1.82, 2.24) is 14.9 Å². The van der Waals surface area contributed by atoms with Gasteiger partial charge in [0, 0.05) is 31.3 Å². The minimum atomic E-state index is -0.332. The van der Waals surface area contributed by atoms with Gasteiger partial charge in [0.05, 0.1) is 21.5 Å². The molecule has 1 aliphatic heterocycles. The van der Waals surface area contributed by atoms with E-state index >= 15 is 0 Å². The van der Waals surface area contributed by atoms with Gasteiger partial charge in [0.1, 0.15) is 11.6 Å². The number of benzene rings is 1. The van der Waals surface area contributed by atoms with Crippen LogP contribution in [0.15, 0.2) is 16.6 Å². The van der Waals surface area contributed by atoms with E-state index < -0.39 is 0 Å². The van der Waals surface area contributed by atoms with E-state index in [0.29, 0.717) is 35.3 Å². The number of hydrogen-bond donors (Lipinski definition) is 1. The molecule has 1 amide bonds. The molecule has 1 fully saturated rings. The molecule has 0 aliphatic carbocycles. The average Bonchev–Trinajstić information content (AvgIpc) is 2.78. The van der Waals surface area contributed by atoms with Gasteiger partial charge in [0.25, 0.3) is 0 Å². The highest BCUT2D eigenvalue weighted by molar-refractivity contribution is 9.10. The molecule has 4 nitrogen and oxygen atoms in total. The topological polar surface area (TPSA) is 46.9 Å². The average molecular weight is 375 g/mol. The second-order valence-electron chi connectivity index (χ2n) is 5.09. The molecule has 1 aromatic carbocycles. The lowest BCUT2D eigenvalue weighted by Gasteiger charge is -2.26. The van der Waals surface area contributed by atoms with Gasteiger partial charge in [-0.1, -0.05) is 0 Å². The number of alkyl halides is 1. The van der Waals surface area contributed by atoms with Crippen LogP contribution in [0, 0.1) is 5.82 Å². The van der Waals surface area contributed by atoms with E-state index in [1.54, 1.807) is 6.07 Å². The summed E-state index contributed by atoms with van der Waals surface area (Å²) in [4.78, 5) is 15.8. The van der Waals surface area contributed by atoms with Crippen LogP contribution in [0.3, 0.4) is 0 Å². The predicted octanol–water partition coefficient (Wildman–Crippen LogP) is 3.17. The zero-order valence-electron chi connectivity index (χ0n) is 11.2. The van der Waals surface area contributed by atoms with Crippen LogP contribution in [-0.4, -0.2) is 27.9 Å². The van der Waals surface area contributed by atoms with Crippen LogP contribution in [0.2, 0.25) is 0 Å². The normalized spacial score (nSPS) is 19.0. The quantitative estimate of drug-likeness (QED) is 0.839. The molecule has 1 unspecified atom stereocenters. The third-order valence-corrected chi connectivity index (χ3v) is 4.52. The molecule has 0 saturated carbocycles. The molecule has 2 heterocycles. The Bertz CT molecular complexity index is 693. The Balaban J connectivity index is 2.11. The van der Waals surface area contributed by atoms with E-state index in [0.717, 1.165) is 17.8 Å². The number of halogens is 3. The maximum absolute atomic E-state index is 13.7. The number of nitrogens with zero attached hydrogens (tertiary/aromatic N) is 2. The molecule has 1 aliphatic rings. The molecule has 1 atom stereocenters. The summed E-state index contributed by atoms with van der Waals surface area (Å²) in [5.41, 5.74) is 1.48. The summed E-state index contributed by atoms with van der Waals surface area (Å²) < 4.78 is 16.2. The molecule has 3 rings (SSSR count). The molecule has 112 valence electrons. The number of nitrogens with one attached hydrogen (secondary N) is 1. The van der Waals surface area contributed by atoms with Gasteiger partial charge in [-0.25, -0.2) is 9.37 Å². The molecule has 21 heavy (non-hydrogen) atoms. The Morgan fingerprint density at radius 2 is 2.33 bits per heavy atom. The van der Waals surface area contributed by atoms with Crippen molar-refractivity contribution in [3.05, 3.63) is 28.2 Å². The standard InChI is InChI=1S/C14H14BrClFN3O/c15-9-5-12-11(6-10(9)17)19-13(3-4-16)20(12)8-1-2-14(21)18-7-8/h5-6,8H,1-4,7H2,(H,18,21). The highest BCUT2D eigenvalue weighted by Crippen LogP contribution is 2.29. The SMILES string of the molecule is O=C1CCC(n2c(CCCl)nc3cc(F)c(Br)cc32)CN1. The van der Waals surface area contributed by atoms with Crippen molar-refractivity contribution in [3.63, 3.8) is 0 Å². The van der Waals surface area contributed by atoms with Gasteiger partial charge in [-0.3, -0.25) is 4.79 Å². The zero-order chi connectivity index (χ0) is 15.0. The number of aryl methyl sites for hydroxylation is 1. The van der Waals surface area contributed by atoms with Crippen molar-refractivity contribution in [2.24, 2.45) is 0 Å². The fraction of sp³-hybridized carbons (Fsp3) is 0.429. The van der Waals surface area contributed by atoms with Gasteiger partial charge in [-0.2, -0.15) is 0 Å². The van der Waals surface area contributed by atoms with E-state index in [-0.39, 0.29) is 17.8 Å². The van der Waals surface area contributed by atoms with E-state index in [4.69, 9.17) is 11.6 Å². The molecule has 7 heteroatoms. The molecule has 1 aromatic heterocycles. The second-order valence-corrected chi connectivity index (χ2v) is 6.32. The van der Waals surface area contributed by atoms with Gasteiger partial charge >= 0.3 is 0 Å².